The van der Waals surface area contributed by atoms with Gasteiger partial charge >= 0.3 is 0 Å². The van der Waals surface area contributed by atoms with E-state index in [0.717, 1.165) is 18.9 Å². The number of carbonyl (C=O) groups excluding carboxylic acids is 1. The maximum absolute atomic E-state index is 13.5. The summed E-state index contributed by atoms with van der Waals surface area (Å²) in [6, 6.07) is 1.55. The van der Waals surface area contributed by atoms with Gasteiger partial charge in [-0.15, -0.1) is 0 Å². The third-order valence-electron chi connectivity index (χ3n) is 3.96. The van der Waals surface area contributed by atoms with Gasteiger partial charge in [-0.05, 0) is 18.9 Å². The second-order valence-corrected chi connectivity index (χ2v) is 5.74. The third-order valence-corrected chi connectivity index (χ3v) is 3.96. The summed E-state index contributed by atoms with van der Waals surface area (Å²) in [6.07, 6.45) is 2.94. The lowest BCUT2D eigenvalue weighted by molar-refractivity contribution is -0.384. The Hall–Kier alpha value is -2.22. The molecule has 1 saturated carbocycles. The van der Waals surface area contributed by atoms with Crippen molar-refractivity contribution in [3.05, 3.63) is 33.6 Å². The molecular formula is C14H18FN3O4. The summed E-state index contributed by atoms with van der Waals surface area (Å²) < 4.78 is 13.5. The molecule has 1 aliphatic carbocycles. The second-order valence-electron chi connectivity index (χ2n) is 5.74. The molecule has 1 aromatic rings. The molecule has 8 heteroatoms. The number of nitrogens with zero attached hydrogens (tertiary/aromatic N) is 2. The number of halogens is 1. The number of carbonyl (C=O) groups is 1. The van der Waals surface area contributed by atoms with Crippen LogP contribution >= 0.6 is 0 Å². The fourth-order valence-electron chi connectivity index (χ4n) is 2.84. The second kappa shape index (κ2) is 5.88. The van der Waals surface area contributed by atoms with Crippen LogP contribution in [0.1, 0.15) is 36.0 Å². The van der Waals surface area contributed by atoms with Crippen molar-refractivity contribution in [3.8, 4) is 0 Å². The Balaban J connectivity index is 2.27. The average molecular weight is 311 g/mol. The van der Waals surface area contributed by atoms with E-state index in [1.807, 2.05) is 0 Å². The normalized spacial score (nSPS) is 16.5. The Morgan fingerprint density at radius 3 is 2.64 bits per heavy atom. The van der Waals surface area contributed by atoms with Gasteiger partial charge < -0.3 is 15.7 Å². The van der Waals surface area contributed by atoms with E-state index in [4.69, 9.17) is 5.73 Å². The highest BCUT2D eigenvalue weighted by molar-refractivity contribution is 6.01. The van der Waals surface area contributed by atoms with Crippen molar-refractivity contribution in [2.75, 3.05) is 19.3 Å². The van der Waals surface area contributed by atoms with Gasteiger partial charge in [-0.2, -0.15) is 0 Å². The molecule has 1 aliphatic rings. The fraction of sp³-hybridized carbons (Fsp3) is 0.500. The first-order chi connectivity index (χ1) is 10.2. The van der Waals surface area contributed by atoms with Crippen LogP contribution in [0.2, 0.25) is 0 Å². The molecule has 0 aliphatic heterocycles. The number of hydrogen-bond acceptors (Lipinski definition) is 5. The molecule has 0 saturated heterocycles. The number of likely N-dealkylation sites (N-methyl/N-ethyl adjacent to an activating group) is 1. The zero-order valence-corrected chi connectivity index (χ0v) is 12.2. The van der Waals surface area contributed by atoms with Gasteiger partial charge in [0.1, 0.15) is 11.5 Å². The number of benzene rings is 1. The summed E-state index contributed by atoms with van der Waals surface area (Å²) in [7, 11) is 1.45. The Kier molecular flexibility index (Phi) is 4.32. The number of aliphatic hydroxyl groups is 1. The fourth-order valence-corrected chi connectivity index (χ4v) is 2.84. The van der Waals surface area contributed by atoms with E-state index in [0.29, 0.717) is 18.9 Å². The first-order valence-corrected chi connectivity index (χ1v) is 6.95. The van der Waals surface area contributed by atoms with Crippen LogP contribution in [0.3, 0.4) is 0 Å². The average Bonchev–Trinajstić information content (AvgIpc) is 2.86. The highest BCUT2D eigenvalue weighted by atomic mass is 19.1. The maximum Gasteiger partial charge on any atom is 0.295 e. The van der Waals surface area contributed by atoms with Crippen molar-refractivity contribution < 1.29 is 19.2 Å². The smallest absolute Gasteiger partial charge is 0.295 e. The number of nitrogen functional groups attached to an aromatic ring is 1. The van der Waals surface area contributed by atoms with Crippen LogP contribution in [0, 0.1) is 15.9 Å². The van der Waals surface area contributed by atoms with Gasteiger partial charge in [-0.1, -0.05) is 12.8 Å². The summed E-state index contributed by atoms with van der Waals surface area (Å²) in [6.45, 7) is 0.0790. The van der Waals surface area contributed by atoms with Crippen molar-refractivity contribution in [2.24, 2.45) is 0 Å². The molecule has 120 valence electrons. The van der Waals surface area contributed by atoms with Crippen molar-refractivity contribution in [2.45, 2.75) is 31.3 Å². The minimum atomic E-state index is -0.960. The van der Waals surface area contributed by atoms with E-state index in [1.54, 1.807) is 0 Å². The van der Waals surface area contributed by atoms with Gasteiger partial charge in [0.05, 0.1) is 22.2 Å². The van der Waals surface area contributed by atoms with Gasteiger partial charge in [0, 0.05) is 13.6 Å². The summed E-state index contributed by atoms with van der Waals surface area (Å²) in [5, 5.41) is 21.2. The number of rotatable bonds is 4. The molecule has 3 N–H and O–H groups in total. The largest absolute Gasteiger partial charge is 0.393 e. The number of anilines is 1. The molecule has 2 rings (SSSR count). The molecule has 0 heterocycles. The van der Waals surface area contributed by atoms with E-state index < -0.39 is 27.9 Å². The first-order valence-electron chi connectivity index (χ1n) is 6.95. The van der Waals surface area contributed by atoms with Gasteiger partial charge in [0.15, 0.2) is 0 Å². The van der Waals surface area contributed by atoms with Gasteiger partial charge in [-0.25, -0.2) is 4.39 Å². The highest BCUT2D eigenvalue weighted by Gasteiger charge is 2.34. The van der Waals surface area contributed by atoms with E-state index in [9.17, 15) is 24.4 Å². The standard InChI is InChI=1S/C14H18FN3O4/c1-17(8-14(20)4-2-3-5-14)13(19)10-6-9(15)7-11(12(10)16)18(21)22/h6-7,20H,2-5,8,16H2,1H3. The summed E-state index contributed by atoms with van der Waals surface area (Å²) in [5.41, 5.74) is 3.37. The Labute approximate surface area is 126 Å². The number of hydrogen-bond donors (Lipinski definition) is 2. The Bertz CT molecular complexity index is 614. The third kappa shape index (κ3) is 3.16. The predicted molar refractivity (Wildman–Crippen MR) is 77.8 cm³/mol. The number of nitro benzene ring substituents is 1. The molecule has 22 heavy (non-hydrogen) atoms. The lowest BCUT2D eigenvalue weighted by atomic mass is 10.0. The summed E-state index contributed by atoms with van der Waals surface area (Å²) in [5.74, 6) is -1.56. The van der Waals surface area contributed by atoms with Crippen molar-refractivity contribution in [1.82, 2.24) is 4.90 Å². The molecule has 7 nitrogen and oxygen atoms in total. The van der Waals surface area contributed by atoms with E-state index >= 15 is 0 Å². The van der Waals surface area contributed by atoms with Crippen molar-refractivity contribution in [1.29, 1.82) is 0 Å². The number of nitro groups is 1. The quantitative estimate of drug-likeness (QED) is 0.499. The minimum Gasteiger partial charge on any atom is -0.393 e. The van der Waals surface area contributed by atoms with Crippen molar-refractivity contribution >= 4 is 17.3 Å². The van der Waals surface area contributed by atoms with Crippen LogP contribution in [0.15, 0.2) is 12.1 Å². The summed E-state index contributed by atoms with van der Waals surface area (Å²) in [4.78, 5) is 23.6. The van der Waals surface area contributed by atoms with Gasteiger partial charge in [0.2, 0.25) is 0 Å². The number of amides is 1. The zero-order valence-electron chi connectivity index (χ0n) is 12.2. The molecule has 0 unspecified atom stereocenters. The van der Waals surface area contributed by atoms with E-state index in [2.05, 4.69) is 0 Å². The highest BCUT2D eigenvalue weighted by Crippen LogP contribution is 2.31. The Morgan fingerprint density at radius 2 is 2.09 bits per heavy atom. The van der Waals surface area contributed by atoms with Crippen LogP contribution in [0.5, 0.6) is 0 Å². The van der Waals surface area contributed by atoms with Gasteiger partial charge in [-0.3, -0.25) is 14.9 Å². The molecule has 0 aromatic heterocycles. The lowest BCUT2D eigenvalue weighted by Crippen LogP contribution is -2.42. The molecule has 1 fully saturated rings. The molecule has 0 spiro atoms. The molecule has 0 radical (unpaired) electrons. The predicted octanol–water partition coefficient (Wildman–Crippen LogP) is 1.69. The molecule has 0 atom stereocenters. The van der Waals surface area contributed by atoms with Crippen LogP contribution in [0.25, 0.3) is 0 Å². The van der Waals surface area contributed by atoms with Crippen molar-refractivity contribution in [3.63, 3.8) is 0 Å². The van der Waals surface area contributed by atoms with E-state index in [1.165, 1.54) is 11.9 Å². The van der Waals surface area contributed by atoms with Gasteiger partial charge in [0.25, 0.3) is 11.6 Å². The SMILES string of the molecule is CN(CC1(O)CCCC1)C(=O)c1cc(F)cc([N+](=O)[O-])c1N. The molecule has 0 bridgehead atoms. The number of nitrogens with two attached hydrogens (primary N) is 1. The minimum absolute atomic E-state index is 0.0790. The van der Waals surface area contributed by atoms with Crippen LogP contribution in [-0.4, -0.2) is 40.0 Å². The lowest BCUT2D eigenvalue weighted by Gasteiger charge is -2.28. The molecule has 1 aromatic carbocycles. The molecular weight excluding hydrogens is 293 g/mol. The maximum atomic E-state index is 13.5. The molecule has 1 amide bonds. The monoisotopic (exact) mass is 311 g/mol. The van der Waals surface area contributed by atoms with Crippen LogP contribution in [0.4, 0.5) is 15.8 Å². The first kappa shape index (κ1) is 16.2. The Morgan fingerprint density at radius 1 is 1.50 bits per heavy atom. The zero-order chi connectivity index (χ0) is 16.5. The topological polar surface area (TPSA) is 110 Å². The van der Waals surface area contributed by atoms with Crippen LogP contribution in [-0.2, 0) is 0 Å². The van der Waals surface area contributed by atoms with Crippen LogP contribution < -0.4 is 5.73 Å². The summed E-state index contributed by atoms with van der Waals surface area (Å²) >= 11 is 0. The van der Waals surface area contributed by atoms with E-state index in [-0.39, 0.29) is 17.8 Å².